The van der Waals surface area contributed by atoms with Crippen LogP contribution in [0.5, 0.6) is 5.75 Å². The topological polar surface area (TPSA) is 89.2 Å². The summed E-state index contributed by atoms with van der Waals surface area (Å²) in [6.07, 6.45) is 1.37. The lowest BCUT2D eigenvalue weighted by Crippen LogP contribution is -2.34. The fourth-order valence-electron chi connectivity index (χ4n) is 3.00. The number of rotatable bonds is 7. The molecule has 0 fully saturated rings. The van der Waals surface area contributed by atoms with E-state index in [0.717, 1.165) is 0 Å². The van der Waals surface area contributed by atoms with Gasteiger partial charge in [-0.05, 0) is 29.8 Å². The molecule has 1 aliphatic heterocycles. The highest BCUT2D eigenvalue weighted by Crippen LogP contribution is 2.39. The van der Waals surface area contributed by atoms with Crippen molar-refractivity contribution in [3.63, 3.8) is 0 Å². The van der Waals surface area contributed by atoms with E-state index in [0.29, 0.717) is 11.3 Å². The number of carbonyl (C=O) groups excluding carboxylic acids is 2. The van der Waals surface area contributed by atoms with E-state index < -0.39 is 23.5 Å². The van der Waals surface area contributed by atoms with Gasteiger partial charge in [0.25, 0.3) is 5.91 Å². The normalized spacial score (nSPS) is 17.1. The fourth-order valence-corrected chi connectivity index (χ4v) is 3.00. The molecule has 0 spiro atoms. The van der Waals surface area contributed by atoms with E-state index in [4.69, 9.17) is 13.9 Å². The molecule has 1 N–H and O–H groups in total. The minimum atomic E-state index is -0.759. The van der Waals surface area contributed by atoms with Crippen LogP contribution in [0.25, 0.3) is 0 Å². The summed E-state index contributed by atoms with van der Waals surface area (Å²) in [6.45, 7) is 0.484. The Labute approximate surface area is 150 Å². The Morgan fingerprint density at radius 1 is 1.27 bits per heavy atom. The largest absolute Gasteiger partial charge is 0.503 e. The number of aliphatic hydroxyl groups excluding tert-OH is 1. The monoisotopic (exact) mass is 357 g/mol. The zero-order chi connectivity index (χ0) is 18.7. The van der Waals surface area contributed by atoms with Crippen LogP contribution in [-0.4, -0.2) is 49.1 Å². The van der Waals surface area contributed by atoms with Crippen molar-refractivity contribution in [3.8, 4) is 5.75 Å². The Bertz CT molecular complexity index is 839. The molecule has 7 nitrogen and oxygen atoms in total. The summed E-state index contributed by atoms with van der Waals surface area (Å²) < 4.78 is 15.5. The molecule has 0 aliphatic carbocycles. The van der Waals surface area contributed by atoms with Crippen LogP contribution in [0.2, 0.25) is 0 Å². The lowest BCUT2D eigenvalue weighted by molar-refractivity contribution is -0.130. The molecule has 1 aliphatic rings. The van der Waals surface area contributed by atoms with Crippen LogP contribution in [0.15, 0.2) is 58.4 Å². The first-order chi connectivity index (χ1) is 12.6. The van der Waals surface area contributed by atoms with Gasteiger partial charge in [0.2, 0.25) is 5.78 Å². The molecular formula is C19H19NO6. The summed E-state index contributed by atoms with van der Waals surface area (Å²) in [4.78, 5) is 26.9. The van der Waals surface area contributed by atoms with Crippen LogP contribution >= 0.6 is 0 Å². The van der Waals surface area contributed by atoms with Gasteiger partial charge in [-0.2, -0.15) is 0 Å². The number of benzene rings is 1. The van der Waals surface area contributed by atoms with E-state index in [2.05, 4.69) is 0 Å². The van der Waals surface area contributed by atoms with Gasteiger partial charge in [0.05, 0.1) is 31.6 Å². The maximum absolute atomic E-state index is 12.9. The van der Waals surface area contributed by atoms with Crippen molar-refractivity contribution in [2.24, 2.45) is 0 Å². The molecule has 1 aromatic carbocycles. The third-order valence-corrected chi connectivity index (χ3v) is 4.24. The van der Waals surface area contributed by atoms with Crippen LogP contribution in [0.4, 0.5) is 0 Å². The lowest BCUT2D eigenvalue weighted by Gasteiger charge is -2.26. The van der Waals surface area contributed by atoms with E-state index in [9.17, 15) is 14.7 Å². The van der Waals surface area contributed by atoms with Crippen molar-refractivity contribution >= 4 is 11.7 Å². The number of ether oxygens (including phenoxy) is 2. The van der Waals surface area contributed by atoms with Crippen molar-refractivity contribution in [1.82, 2.24) is 4.90 Å². The third kappa shape index (κ3) is 3.09. The van der Waals surface area contributed by atoms with Gasteiger partial charge < -0.3 is 23.9 Å². The molecule has 0 unspecified atom stereocenters. The molecule has 1 aromatic heterocycles. The summed E-state index contributed by atoms with van der Waals surface area (Å²) >= 11 is 0. The van der Waals surface area contributed by atoms with Gasteiger partial charge in [-0.25, -0.2) is 0 Å². The molecule has 1 atom stereocenters. The van der Waals surface area contributed by atoms with Crippen molar-refractivity contribution in [1.29, 1.82) is 0 Å². The zero-order valence-electron chi connectivity index (χ0n) is 14.5. The van der Waals surface area contributed by atoms with Crippen LogP contribution in [0.3, 0.4) is 0 Å². The number of nitrogens with zero attached hydrogens (tertiary/aromatic N) is 1. The molecule has 1 amide bonds. The van der Waals surface area contributed by atoms with Crippen molar-refractivity contribution in [2.45, 2.75) is 6.04 Å². The van der Waals surface area contributed by atoms with Gasteiger partial charge >= 0.3 is 0 Å². The summed E-state index contributed by atoms with van der Waals surface area (Å²) in [5.41, 5.74) is 0.627. The van der Waals surface area contributed by atoms with Crippen molar-refractivity contribution in [3.05, 3.63) is 65.3 Å². The van der Waals surface area contributed by atoms with Gasteiger partial charge in [0.15, 0.2) is 11.5 Å². The molecule has 3 rings (SSSR count). The van der Waals surface area contributed by atoms with E-state index in [1.165, 1.54) is 31.4 Å². The Morgan fingerprint density at radius 3 is 2.73 bits per heavy atom. The zero-order valence-corrected chi connectivity index (χ0v) is 14.5. The minimum Gasteiger partial charge on any atom is -0.503 e. The Morgan fingerprint density at radius 2 is 2.08 bits per heavy atom. The maximum atomic E-state index is 12.9. The lowest BCUT2D eigenvalue weighted by atomic mass is 9.95. The smallest absolute Gasteiger partial charge is 0.290 e. The van der Waals surface area contributed by atoms with E-state index in [1.54, 1.807) is 30.3 Å². The number of aliphatic hydroxyl groups is 1. The fraction of sp³-hybridized carbons (Fsp3) is 0.263. The number of hydrogen-bond donors (Lipinski definition) is 1. The van der Waals surface area contributed by atoms with Crippen molar-refractivity contribution < 1.29 is 28.6 Å². The van der Waals surface area contributed by atoms with Gasteiger partial charge in [-0.15, -0.1) is 0 Å². The molecule has 2 heterocycles. The molecule has 0 radical (unpaired) electrons. The maximum Gasteiger partial charge on any atom is 0.290 e. The SMILES string of the molecule is COCCN1C(=O)C(O)=C(C(=O)c2ccco2)[C@H]1c1cccc(OC)c1. The summed E-state index contributed by atoms with van der Waals surface area (Å²) in [7, 11) is 3.05. The van der Waals surface area contributed by atoms with Crippen LogP contribution < -0.4 is 4.74 Å². The Hall–Kier alpha value is -3.06. The second-order valence-electron chi connectivity index (χ2n) is 5.74. The first-order valence-electron chi connectivity index (χ1n) is 8.03. The highest BCUT2D eigenvalue weighted by Gasteiger charge is 2.44. The third-order valence-electron chi connectivity index (χ3n) is 4.24. The average Bonchev–Trinajstić information content (AvgIpc) is 3.28. The molecule has 0 saturated carbocycles. The molecule has 136 valence electrons. The van der Waals surface area contributed by atoms with Crippen LogP contribution in [0.1, 0.15) is 22.2 Å². The summed E-state index contributed by atoms with van der Waals surface area (Å²) in [5, 5.41) is 10.4. The second kappa shape index (κ2) is 7.45. The average molecular weight is 357 g/mol. The molecule has 26 heavy (non-hydrogen) atoms. The van der Waals surface area contributed by atoms with E-state index in [-0.39, 0.29) is 24.5 Å². The molecule has 2 aromatic rings. The summed E-state index contributed by atoms with van der Waals surface area (Å²) in [6, 6.07) is 9.33. The minimum absolute atomic E-state index is 0.0192. The van der Waals surface area contributed by atoms with E-state index in [1.807, 2.05) is 0 Å². The highest BCUT2D eigenvalue weighted by molar-refractivity contribution is 6.15. The number of Topliss-reactive ketones (excluding diaryl/α,β-unsaturated/α-hetero) is 1. The predicted octanol–water partition coefficient (Wildman–Crippen LogP) is 2.51. The second-order valence-corrected chi connectivity index (χ2v) is 5.74. The Balaban J connectivity index is 2.08. The van der Waals surface area contributed by atoms with Crippen molar-refractivity contribution in [2.75, 3.05) is 27.4 Å². The Kier molecular flexibility index (Phi) is 5.09. The molecule has 0 saturated heterocycles. The van der Waals surface area contributed by atoms with Crippen LogP contribution in [0, 0.1) is 0 Å². The number of ketones is 1. The van der Waals surface area contributed by atoms with Gasteiger partial charge in [0, 0.05) is 13.7 Å². The van der Waals surface area contributed by atoms with E-state index >= 15 is 0 Å². The van der Waals surface area contributed by atoms with Gasteiger partial charge in [-0.3, -0.25) is 9.59 Å². The molecule has 0 bridgehead atoms. The van der Waals surface area contributed by atoms with Gasteiger partial charge in [-0.1, -0.05) is 12.1 Å². The highest BCUT2D eigenvalue weighted by atomic mass is 16.5. The number of hydrogen-bond acceptors (Lipinski definition) is 6. The first kappa shape index (κ1) is 17.8. The van der Waals surface area contributed by atoms with Crippen LogP contribution in [-0.2, 0) is 9.53 Å². The van der Waals surface area contributed by atoms with Gasteiger partial charge in [0.1, 0.15) is 5.75 Å². The number of methoxy groups -OCH3 is 2. The standard InChI is InChI=1S/C19H19NO6/c1-24-10-8-20-16(12-5-3-6-13(11-12)25-2)15(18(22)19(20)23)17(21)14-7-4-9-26-14/h3-7,9,11,16,22H,8,10H2,1-2H3/t16-/m1/s1. The summed E-state index contributed by atoms with van der Waals surface area (Å²) in [5.74, 6) is -1.09. The number of carbonyl (C=O) groups is 2. The number of amides is 1. The number of furan rings is 1. The predicted molar refractivity (Wildman–Crippen MR) is 92.0 cm³/mol. The molecule has 7 heteroatoms. The first-order valence-corrected chi connectivity index (χ1v) is 8.03. The quantitative estimate of drug-likeness (QED) is 0.766. The molecular weight excluding hydrogens is 338 g/mol.